The summed E-state index contributed by atoms with van der Waals surface area (Å²) in [6.45, 7) is 5.39. The number of methoxy groups -OCH3 is 4. The molecule has 0 fully saturated rings. The molecule has 0 aliphatic rings. The van der Waals surface area contributed by atoms with E-state index in [1.807, 2.05) is 47.4 Å². The molecule has 0 unspecified atom stereocenters. The first-order chi connectivity index (χ1) is 16.9. The molecular weight excluding hydrogens is 446 g/mol. The van der Waals surface area contributed by atoms with Crippen LogP contribution < -0.4 is 18.9 Å². The molecule has 0 bridgehead atoms. The summed E-state index contributed by atoms with van der Waals surface area (Å²) < 4.78 is 27.5. The average molecular weight is 482 g/mol. The van der Waals surface area contributed by atoms with E-state index >= 15 is 0 Å². The van der Waals surface area contributed by atoms with E-state index in [0.717, 1.165) is 22.6 Å². The number of hydrogen-bond acceptors (Lipinski definition) is 6. The molecule has 3 rings (SSSR count). The van der Waals surface area contributed by atoms with E-state index in [-0.39, 0.29) is 5.91 Å². The maximum absolute atomic E-state index is 13.4. The molecule has 0 N–H and O–H groups in total. The zero-order valence-electron chi connectivity index (χ0n) is 21.4. The van der Waals surface area contributed by atoms with Crippen molar-refractivity contribution in [3.05, 3.63) is 71.2 Å². The first-order valence-electron chi connectivity index (χ1n) is 11.7. The zero-order valence-corrected chi connectivity index (χ0v) is 21.4. The molecule has 1 heterocycles. The third kappa shape index (κ3) is 6.72. The molecule has 3 aromatic rings. The van der Waals surface area contributed by atoms with E-state index in [4.69, 9.17) is 23.4 Å². The van der Waals surface area contributed by atoms with Gasteiger partial charge >= 0.3 is 0 Å². The third-order valence-corrected chi connectivity index (χ3v) is 5.72. The van der Waals surface area contributed by atoms with E-state index in [1.54, 1.807) is 34.5 Å². The van der Waals surface area contributed by atoms with Gasteiger partial charge in [0.15, 0.2) is 17.3 Å². The van der Waals surface area contributed by atoms with Crippen LogP contribution in [-0.2, 0) is 12.8 Å². The van der Waals surface area contributed by atoms with Gasteiger partial charge in [-0.3, -0.25) is 4.79 Å². The Bertz CT molecular complexity index is 1120. The molecule has 0 radical (unpaired) electrons. The maximum Gasteiger partial charge on any atom is 0.289 e. The molecule has 7 nitrogen and oxygen atoms in total. The Morgan fingerprint density at radius 2 is 1.57 bits per heavy atom. The van der Waals surface area contributed by atoms with E-state index in [9.17, 15) is 4.79 Å². The van der Waals surface area contributed by atoms with Gasteiger partial charge in [0.05, 0.1) is 28.4 Å². The molecule has 0 saturated carbocycles. The molecule has 0 atom stereocenters. The predicted octanol–water partition coefficient (Wildman–Crippen LogP) is 5.25. The first-order valence-corrected chi connectivity index (χ1v) is 11.7. The monoisotopic (exact) mass is 481 g/mol. The van der Waals surface area contributed by atoms with Crippen LogP contribution in [0.2, 0.25) is 0 Å². The fourth-order valence-corrected chi connectivity index (χ4v) is 3.97. The second kappa shape index (κ2) is 12.2. The van der Waals surface area contributed by atoms with Gasteiger partial charge in [-0.25, -0.2) is 0 Å². The minimum absolute atomic E-state index is 0.122. The smallest absolute Gasteiger partial charge is 0.289 e. The van der Waals surface area contributed by atoms with Crippen molar-refractivity contribution in [3.8, 4) is 23.0 Å². The lowest BCUT2D eigenvalue weighted by Gasteiger charge is -2.24. The van der Waals surface area contributed by atoms with E-state index in [2.05, 4.69) is 13.8 Å². The van der Waals surface area contributed by atoms with Gasteiger partial charge in [0.25, 0.3) is 5.91 Å². The molecule has 0 spiro atoms. The van der Waals surface area contributed by atoms with E-state index in [0.29, 0.717) is 54.9 Å². The van der Waals surface area contributed by atoms with Crippen LogP contribution in [0.25, 0.3) is 0 Å². The normalized spacial score (nSPS) is 10.8. The van der Waals surface area contributed by atoms with Gasteiger partial charge in [-0.15, -0.1) is 0 Å². The van der Waals surface area contributed by atoms with Crippen LogP contribution in [0, 0.1) is 5.92 Å². The van der Waals surface area contributed by atoms with Crippen LogP contribution >= 0.6 is 0 Å². The van der Waals surface area contributed by atoms with E-state index in [1.165, 1.54) is 0 Å². The average Bonchev–Trinajstić information content (AvgIpc) is 3.34. The zero-order chi connectivity index (χ0) is 25.4. The Balaban J connectivity index is 1.74. The van der Waals surface area contributed by atoms with Crippen molar-refractivity contribution < 1.29 is 28.2 Å². The van der Waals surface area contributed by atoms with Crippen molar-refractivity contribution in [2.24, 2.45) is 5.92 Å². The van der Waals surface area contributed by atoms with Crippen molar-refractivity contribution in [3.63, 3.8) is 0 Å². The molecule has 0 saturated heterocycles. The van der Waals surface area contributed by atoms with Gasteiger partial charge in [0.2, 0.25) is 0 Å². The lowest BCUT2D eigenvalue weighted by atomic mass is 10.1. The van der Waals surface area contributed by atoms with Crippen LogP contribution in [0.3, 0.4) is 0 Å². The molecule has 0 aliphatic carbocycles. The SMILES string of the molecule is COc1ccc(OC)c(Cc2ccc(C(=O)N(CCc3ccc(OC)c(OC)c3)CC(C)C)o2)c1. The summed E-state index contributed by atoms with van der Waals surface area (Å²) in [5.74, 6) is 4.05. The largest absolute Gasteiger partial charge is 0.497 e. The molecule has 188 valence electrons. The highest BCUT2D eigenvalue weighted by Gasteiger charge is 2.21. The second-order valence-corrected chi connectivity index (χ2v) is 8.70. The number of ether oxygens (including phenoxy) is 4. The highest BCUT2D eigenvalue weighted by atomic mass is 16.5. The molecule has 7 heteroatoms. The number of furan rings is 1. The van der Waals surface area contributed by atoms with Gasteiger partial charge in [-0.05, 0) is 60.4 Å². The number of amides is 1. The van der Waals surface area contributed by atoms with Crippen molar-refractivity contribution in [2.45, 2.75) is 26.7 Å². The summed E-state index contributed by atoms with van der Waals surface area (Å²) in [7, 11) is 6.49. The van der Waals surface area contributed by atoms with Crippen LogP contribution in [0.1, 0.15) is 41.3 Å². The Hall–Kier alpha value is -3.61. The van der Waals surface area contributed by atoms with Gasteiger partial charge < -0.3 is 28.3 Å². The molecular formula is C28H35NO6. The lowest BCUT2D eigenvalue weighted by molar-refractivity contribution is 0.0704. The van der Waals surface area contributed by atoms with Crippen molar-refractivity contribution in [1.29, 1.82) is 0 Å². The van der Waals surface area contributed by atoms with Crippen LogP contribution in [0.5, 0.6) is 23.0 Å². The number of carbonyl (C=O) groups is 1. The van der Waals surface area contributed by atoms with Crippen molar-refractivity contribution in [1.82, 2.24) is 4.90 Å². The standard InChI is InChI=1S/C28H35NO6/c1-19(2)18-29(14-13-20-7-10-25(33-5)27(15-20)34-6)28(30)26-12-9-23(35-26)17-21-16-22(31-3)8-11-24(21)32-4/h7-12,15-16,19H,13-14,17-18H2,1-6H3. The Morgan fingerprint density at radius 3 is 2.23 bits per heavy atom. The molecule has 35 heavy (non-hydrogen) atoms. The van der Waals surface area contributed by atoms with Gasteiger partial charge in [0, 0.05) is 25.1 Å². The van der Waals surface area contributed by atoms with Crippen LogP contribution in [0.4, 0.5) is 0 Å². The molecule has 2 aromatic carbocycles. The maximum atomic E-state index is 13.4. The summed E-state index contributed by atoms with van der Waals surface area (Å²) in [6, 6.07) is 15.0. The highest BCUT2D eigenvalue weighted by molar-refractivity contribution is 5.91. The second-order valence-electron chi connectivity index (χ2n) is 8.70. The first kappa shape index (κ1) is 26.0. The predicted molar refractivity (Wildman–Crippen MR) is 135 cm³/mol. The fraction of sp³-hybridized carbons (Fsp3) is 0.393. The minimum atomic E-state index is -0.122. The van der Waals surface area contributed by atoms with Gasteiger partial charge in [-0.1, -0.05) is 19.9 Å². The van der Waals surface area contributed by atoms with Gasteiger partial charge in [-0.2, -0.15) is 0 Å². The summed E-state index contributed by atoms with van der Waals surface area (Å²) >= 11 is 0. The number of nitrogens with zero attached hydrogens (tertiary/aromatic N) is 1. The fourth-order valence-electron chi connectivity index (χ4n) is 3.97. The van der Waals surface area contributed by atoms with E-state index < -0.39 is 0 Å². The quantitative estimate of drug-likeness (QED) is 0.352. The summed E-state index contributed by atoms with van der Waals surface area (Å²) in [6.07, 6.45) is 1.18. The summed E-state index contributed by atoms with van der Waals surface area (Å²) in [5.41, 5.74) is 1.99. The molecule has 0 aliphatic heterocycles. The number of rotatable bonds is 12. The van der Waals surface area contributed by atoms with Crippen LogP contribution in [0.15, 0.2) is 52.9 Å². The van der Waals surface area contributed by atoms with Crippen molar-refractivity contribution >= 4 is 5.91 Å². The molecule has 1 aromatic heterocycles. The topological polar surface area (TPSA) is 70.4 Å². The number of carbonyl (C=O) groups excluding carboxylic acids is 1. The third-order valence-electron chi connectivity index (χ3n) is 5.72. The summed E-state index contributed by atoms with van der Waals surface area (Å²) in [4.78, 5) is 15.2. The lowest BCUT2D eigenvalue weighted by Crippen LogP contribution is -2.35. The van der Waals surface area contributed by atoms with Crippen LogP contribution in [-0.4, -0.2) is 52.3 Å². The Morgan fingerprint density at radius 1 is 0.857 bits per heavy atom. The Kier molecular flexibility index (Phi) is 9.06. The minimum Gasteiger partial charge on any atom is -0.497 e. The van der Waals surface area contributed by atoms with Gasteiger partial charge in [0.1, 0.15) is 17.3 Å². The van der Waals surface area contributed by atoms with Crippen molar-refractivity contribution in [2.75, 3.05) is 41.5 Å². The highest BCUT2D eigenvalue weighted by Crippen LogP contribution is 2.29. The number of benzene rings is 2. The number of hydrogen-bond donors (Lipinski definition) is 0. The molecule has 1 amide bonds. The Labute approximate surface area is 207 Å². The summed E-state index contributed by atoms with van der Waals surface area (Å²) in [5, 5.41) is 0.